The fraction of sp³-hybridized carbons (Fsp3) is 0.571. The maximum atomic E-state index is 7.08. The third-order valence-corrected chi connectivity index (χ3v) is 0.782. The van der Waals surface area contributed by atoms with Crippen molar-refractivity contribution < 1.29 is 9.47 Å². The maximum Gasteiger partial charge on any atom is 0.208 e. The Morgan fingerprint density at radius 1 is 1.36 bits per heavy atom. The van der Waals surface area contributed by atoms with Gasteiger partial charge in [-0.1, -0.05) is 0 Å². The van der Waals surface area contributed by atoms with Gasteiger partial charge < -0.3 is 9.47 Å². The molecule has 0 aliphatic rings. The van der Waals surface area contributed by atoms with Crippen LogP contribution < -0.4 is 0 Å². The van der Waals surface area contributed by atoms with E-state index in [-0.39, 0.29) is 18.3 Å². The van der Waals surface area contributed by atoms with Crippen LogP contribution in [0.2, 0.25) is 0 Å². The third kappa shape index (κ3) is 9.30. The van der Waals surface area contributed by atoms with Gasteiger partial charge in [0.25, 0.3) is 0 Å². The van der Waals surface area contributed by atoms with Crippen LogP contribution in [0.4, 0.5) is 0 Å². The van der Waals surface area contributed by atoms with Crippen molar-refractivity contribution in [2.24, 2.45) is 0 Å². The summed E-state index contributed by atoms with van der Waals surface area (Å²) in [5, 5.41) is 7.08. The Bertz CT molecular complexity index is 126. The molecule has 0 radical (unpaired) electrons. The van der Waals surface area contributed by atoms with Gasteiger partial charge in [0, 0.05) is 6.08 Å². The van der Waals surface area contributed by atoms with E-state index < -0.39 is 0 Å². The van der Waals surface area contributed by atoms with Crippen LogP contribution in [0.3, 0.4) is 0 Å². The molecule has 11 heavy (non-hydrogen) atoms. The van der Waals surface area contributed by atoms with Crippen LogP contribution in [0.15, 0.2) is 12.3 Å². The summed E-state index contributed by atoms with van der Waals surface area (Å²) in [7, 11) is 0. The summed E-state index contributed by atoms with van der Waals surface area (Å²) in [4.78, 5) is 0. The number of hydrogen-bond acceptors (Lipinski definition) is 3. The molecule has 0 aliphatic carbocycles. The zero-order valence-electron chi connectivity index (χ0n) is 6.79. The van der Waals surface area contributed by atoms with Crippen molar-refractivity contribution in [3.8, 4) is 0 Å². The predicted octanol–water partition coefficient (Wildman–Crippen LogP) is 1.97. The van der Waals surface area contributed by atoms with E-state index in [0.717, 1.165) is 0 Å². The van der Waals surface area contributed by atoms with Gasteiger partial charge >= 0.3 is 0 Å². The topological polar surface area (TPSA) is 42.3 Å². The standard InChI is InChI=1S/C7H13NO2.ClH/c1-3-9-6-5-7(8)10-4-2;/h5-6,8H,3-4H2,1-2H3;1H/b6-5+,8-7?;. The van der Waals surface area contributed by atoms with Crippen LogP contribution in [0.1, 0.15) is 13.8 Å². The van der Waals surface area contributed by atoms with Crippen molar-refractivity contribution >= 4 is 18.3 Å². The molecular weight excluding hydrogens is 166 g/mol. The van der Waals surface area contributed by atoms with Crippen molar-refractivity contribution in [1.82, 2.24) is 0 Å². The second-order valence-corrected chi connectivity index (χ2v) is 1.56. The summed E-state index contributed by atoms with van der Waals surface area (Å²) in [6.45, 7) is 4.86. The van der Waals surface area contributed by atoms with E-state index >= 15 is 0 Å². The van der Waals surface area contributed by atoms with Crippen LogP contribution in [0.25, 0.3) is 0 Å². The molecule has 1 N–H and O–H groups in total. The average Bonchev–Trinajstić information content (AvgIpc) is 1.89. The van der Waals surface area contributed by atoms with Crippen LogP contribution in [0.5, 0.6) is 0 Å². The lowest BCUT2D eigenvalue weighted by atomic mass is 10.6. The minimum Gasteiger partial charge on any atom is -0.501 e. The highest BCUT2D eigenvalue weighted by molar-refractivity contribution is 5.85. The highest BCUT2D eigenvalue weighted by Gasteiger charge is 1.85. The molecule has 0 saturated heterocycles. The number of hydrogen-bond donors (Lipinski definition) is 1. The molecule has 0 aromatic heterocycles. The Kier molecular flexibility index (Phi) is 10.9. The maximum absolute atomic E-state index is 7.08. The van der Waals surface area contributed by atoms with E-state index in [1.54, 1.807) is 0 Å². The Hall–Kier alpha value is -0.700. The number of rotatable bonds is 4. The van der Waals surface area contributed by atoms with E-state index in [1.165, 1.54) is 12.3 Å². The molecule has 0 aromatic carbocycles. The van der Waals surface area contributed by atoms with Crippen LogP contribution in [0, 0.1) is 5.41 Å². The minimum atomic E-state index is 0. The SMILES string of the molecule is CCO/C=C/C(=N)OCC.Cl. The molecule has 0 rings (SSSR count). The van der Waals surface area contributed by atoms with Gasteiger partial charge in [-0.15, -0.1) is 12.4 Å². The van der Waals surface area contributed by atoms with E-state index in [2.05, 4.69) is 0 Å². The first-order chi connectivity index (χ1) is 4.81. The van der Waals surface area contributed by atoms with Crippen molar-refractivity contribution in [1.29, 1.82) is 5.41 Å². The molecule has 0 aromatic rings. The molecule has 3 nitrogen and oxygen atoms in total. The molecule has 66 valence electrons. The van der Waals surface area contributed by atoms with Gasteiger partial charge in [0.1, 0.15) is 0 Å². The molecule has 0 spiro atoms. The van der Waals surface area contributed by atoms with Gasteiger partial charge in [0.05, 0.1) is 19.5 Å². The second-order valence-electron chi connectivity index (χ2n) is 1.56. The van der Waals surface area contributed by atoms with Gasteiger partial charge in [0.2, 0.25) is 5.90 Å². The molecule has 0 heterocycles. The largest absolute Gasteiger partial charge is 0.501 e. The van der Waals surface area contributed by atoms with E-state index in [0.29, 0.717) is 13.2 Å². The lowest BCUT2D eigenvalue weighted by Crippen LogP contribution is -1.98. The number of halogens is 1. The zero-order valence-corrected chi connectivity index (χ0v) is 7.61. The zero-order chi connectivity index (χ0) is 7.82. The summed E-state index contributed by atoms with van der Waals surface area (Å²) >= 11 is 0. The lowest BCUT2D eigenvalue weighted by molar-refractivity contribution is 0.267. The summed E-state index contributed by atoms with van der Waals surface area (Å²) < 4.78 is 9.65. The van der Waals surface area contributed by atoms with Gasteiger partial charge in [-0.25, -0.2) is 0 Å². The molecule has 0 fully saturated rings. The monoisotopic (exact) mass is 179 g/mol. The smallest absolute Gasteiger partial charge is 0.208 e. The summed E-state index contributed by atoms with van der Waals surface area (Å²) in [5.41, 5.74) is 0. The molecule has 0 aliphatic heterocycles. The lowest BCUT2D eigenvalue weighted by Gasteiger charge is -1.97. The molecule has 0 amide bonds. The molecule has 0 unspecified atom stereocenters. The van der Waals surface area contributed by atoms with Crippen LogP contribution >= 0.6 is 12.4 Å². The molecule has 0 saturated carbocycles. The van der Waals surface area contributed by atoms with Crippen molar-refractivity contribution in [2.45, 2.75) is 13.8 Å². The van der Waals surface area contributed by atoms with E-state index in [9.17, 15) is 0 Å². The summed E-state index contributed by atoms with van der Waals surface area (Å²) in [6, 6.07) is 0. The second kappa shape index (κ2) is 9.30. The first-order valence-corrected chi connectivity index (χ1v) is 3.30. The quantitative estimate of drug-likeness (QED) is 0.407. The molecule has 0 atom stereocenters. The van der Waals surface area contributed by atoms with Gasteiger partial charge in [-0.2, -0.15) is 0 Å². The molecule has 0 bridgehead atoms. The molecule has 4 heteroatoms. The fourth-order valence-corrected chi connectivity index (χ4v) is 0.410. The number of ether oxygens (including phenoxy) is 2. The highest BCUT2D eigenvalue weighted by atomic mass is 35.5. The van der Waals surface area contributed by atoms with Gasteiger partial charge in [0.15, 0.2) is 0 Å². The van der Waals surface area contributed by atoms with Crippen molar-refractivity contribution in [3.05, 3.63) is 12.3 Å². The predicted molar refractivity (Wildman–Crippen MR) is 47.4 cm³/mol. The minimum absolute atomic E-state index is 0. The highest BCUT2D eigenvalue weighted by Crippen LogP contribution is 1.82. The summed E-state index contributed by atoms with van der Waals surface area (Å²) in [6.07, 6.45) is 2.94. The average molecular weight is 180 g/mol. The van der Waals surface area contributed by atoms with Crippen LogP contribution in [-0.2, 0) is 9.47 Å². The molecular formula is C7H14ClNO2. The van der Waals surface area contributed by atoms with Crippen molar-refractivity contribution in [2.75, 3.05) is 13.2 Å². The van der Waals surface area contributed by atoms with E-state index in [4.69, 9.17) is 14.9 Å². The summed E-state index contributed by atoms with van der Waals surface area (Å²) in [5.74, 6) is 0.135. The fourth-order valence-electron chi connectivity index (χ4n) is 0.410. The first-order valence-electron chi connectivity index (χ1n) is 3.30. The Morgan fingerprint density at radius 3 is 2.45 bits per heavy atom. The van der Waals surface area contributed by atoms with Crippen molar-refractivity contribution in [3.63, 3.8) is 0 Å². The Morgan fingerprint density at radius 2 is 2.00 bits per heavy atom. The van der Waals surface area contributed by atoms with Gasteiger partial charge in [-0.3, -0.25) is 5.41 Å². The van der Waals surface area contributed by atoms with Crippen LogP contribution in [-0.4, -0.2) is 19.1 Å². The van der Waals surface area contributed by atoms with E-state index in [1.807, 2.05) is 13.8 Å². The normalized spacial score (nSPS) is 8.91. The third-order valence-electron chi connectivity index (χ3n) is 0.782. The van der Waals surface area contributed by atoms with Gasteiger partial charge in [-0.05, 0) is 13.8 Å². The first kappa shape index (κ1) is 12.9. The number of nitrogens with one attached hydrogen (secondary N) is 1. The Labute approximate surface area is 73.3 Å². The Balaban J connectivity index is 0.